The average Bonchev–Trinajstić information content (AvgIpc) is 3.28. The van der Waals surface area contributed by atoms with Crippen molar-refractivity contribution in [1.29, 1.82) is 0 Å². The molecule has 2 aromatic carbocycles. The summed E-state index contributed by atoms with van der Waals surface area (Å²) in [5.74, 6) is 1.54. The quantitative estimate of drug-likeness (QED) is 0.347. The molecule has 3 N–H and O–H groups in total. The number of hydrogen-bond donors (Lipinski definition) is 3. The number of carbonyl (C=O) groups is 1. The number of guanidine groups is 1. The lowest BCUT2D eigenvalue weighted by atomic mass is 10.1. The summed E-state index contributed by atoms with van der Waals surface area (Å²) in [6.45, 7) is 2.56. The molecule has 0 saturated heterocycles. The lowest BCUT2D eigenvalue weighted by Crippen LogP contribution is -2.38. The minimum Gasteiger partial charge on any atom is -0.352 e. The highest BCUT2D eigenvalue weighted by Crippen LogP contribution is 2.16. The normalized spacial score (nSPS) is 11.5. The molecule has 0 spiro atoms. The number of rotatable bonds is 9. The topological polar surface area (TPSA) is 88.7 Å². The first-order valence-electron chi connectivity index (χ1n) is 11.0. The Morgan fingerprint density at radius 2 is 1.85 bits per heavy atom. The van der Waals surface area contributed by atoms with Crippen LogP contribution >= 0.6 is 0 Å². The maximum absolute atomic E-state index is 12.4. The van der Waals surface area contributed by atoms with Crippen LogP contribution in [-0.2, 0) is 13.1 Å². The summed E-state index contributed by atoms with van der Waals surface area (Å²) in [5, 5.41) is 6.31. The molecule has 0 aliphatic heterocycles. The van der Waals surface area contributed by atoms with Gasteiger partial charge in [0.25, 0.3) is 5.91 Å². The zero-order valence-electron chi connectivity index (χ0n) is 19.8. The number of benzene rings is 2. The van der Waals surface area contributed by atoms with E-state index in [4.69, 9.17) is 0 Å². The highest BCUT2D eigenvalue weighted by atomic mass is 16.1. The Morgan fingerprint density at radius 3 is 2.58 bits per heavy atom. The number of hydrogen-bond acceptors (Lipinski definition) is 4. The minimum atomic E-state index is -0.0627. The molecule has 0 radical (unpaired) electrons. The molecule has 3 rings (SSSR count). The summed E-state index contributed by atoms with van der Waals surface area (Å²) in [7, 11) is 7.69. The monoisotopic (exact) mass is 447 g/mol. The number of aliphatic imine (C=N–C) groups is 1. The first-order chi connectivity index (χ1) is 16.0. The smallest absolute Gasteiger partial charge is 0.251 e. The number of nitrogens with zero attached hydrogens (tertiary/aromatic N) is 4. The molecule has 8 nitrogen and oxygen atoms in total. The van der Waals surface area contributed by atoms with Gasteiger partial charge in [0, 0.05) is 39.3 Å². The lowest BCUT2D eigenvalue weighted by Gasteiger charge is -2.21. The van der Waals surface area contributed by atoms with E-state index in [0.717, 1.165) is 35.1 Å². The maximum Gasteiger partial charge on any atom is 0.251 e. The van der Waals surface area contributed by atoms with E-state index < -0.39 is 0 Å². The Hall–Kier alpha value is -3.65. The number of imidazole rings is 1. The predicted octanol–water partition coefficient (Wildman–Crippen LogP) is 2.58. The number of nitrogens with one attached hydrogen (secondary N) is 3. The van der Waals surface area contributed by atoms with Crippen LogP contribution in [0.25, 0.3) is 11.3 Å². The second-order valence-corrected chi connectivity index (χ2v) is 8.13. The van der Waals surface area contributed by atoms with Crippen molar-refractivity contribution >= 4 is 11.9 Å². The molecular formula is C25H33N7O. The molecule has 1 heterocycles. The van der Waals surface area contributed by atoms with Crippen molar-refractivity contribution in [2.24, 2.45) is 4.99 Å². The van der Waals surface area contributed by atoms with Gasteiger partial charge in [-0.3, -0.25) is 9.79 Å². The SMILES string of the molecule is CN=C(NCc1cccc(C(=O)NCCN(C)C)c1)N(C)Cc1ncc(-c2ccccc2)[nH]1. The van der Waals surface area contributed by atoms with E-state index in [-0.39, 0.29) is 5.91 Å². The number of amides is 1. The minimum absolute atomic E-state index is 0.0627. The predicted molar refractivity (Wildman–Crippen MR) is 133 cm³/mol. The van der Waals surface area contributed by atoms with E-state index >= 15 is 0 Å². The molecule has 0 aliphatic carbocycles. The van der Waals surface area contributed by atoms with Crippen molar-refractivity contribution in [1.82, 2.24) is 30.4 Å². The molecular weight excluding hydrogens is 414 g/mol. The molecule has 0 aliphatic rings. The second-order valence-electron chi connectivity index (χ2n) is 8.13. The van der Waals surface area contributed by atoms with Crippen molar-refractivity contribution in [3.63, 3.8) is 0 Å². The molecule has 0 bridgehead atoms. The standard InChI is InChI=1S/C25H33N7O/c1-26-25(32(4)18-23-28-17-22(30-23)20-10-6-5-7-11-20)29-16-19-9-8-12-21(15-19)24(33)27-13-14-31(2)3/h5-12,15,17H,13-14,16,18H2,1-4H3,(H,26,29)(H,27,33)(H,28,30). The summed E-state index contributed by atoms with van der Waals surface area (Å²) >= 11 is 0. The molecule has 0 unspecified atom stereocenters. The van der Waals surface area contributed by atoms with E-state index in [0.29, 0.717) is 25.2 Å². The Bertz CT molecular complexity index is 1060. The van der Waals surface area contributed by atoms with Gasteiger partial charge in [-0.1, -0.05) is 42.5 Å². The molecule has 8 heteroatoms. The van der Waals surface area contributed by atoms with Crippen molar-refractivity contribution in [3.8, 4) is 11.3 Å². The summed E-state index contributed by atoms with van der Waals surface area (Å²) in [5.41, 5.74) is 3.75. The van der Waals surface area contributed by atoms with Crippen molar-refractivity contribution in [3.05, 3.63) is 77.7 Å². The molecule has 1 aromatic heterocycles. The zero-order valence-corrected chi connectivity index (χ0v) is 19.8. The van der Waals surface area contributed by atoms with Crippen LogP contribution in [0.15, 0.2) is 65.8 Å². The zero-order chi connectivity index (χ0) is 23.6. The van der Waals surface area contributed by atoms with Gasteiger partial charge < -0.3 is 25.4 Å². The van der Waals surface area contributed by atoms with Crippen LogP contribution in [0.3, 0.4) is 0 Å². The number of aromatic amines is 1. The van der Waals surface area contributed by atoms with Gasteiger partial charge in [0.15, 0.2) is 5.96 Å². The van der Waals surface area contributed by atoms with Gasteiger partial charge in [-0.05, 0) is 37.4 Å². The van der Waals surface area contributed by atoms with Gasteiger partial charge in [0.2, 0.25) is 0 Å². The highest BCUT2D eigenvalue weighted by molar-refractivity contribution is 5.94. The van der Waals surface area contributed by atoms with E-state index in [1.54, 1.807) is 7.05 Å². The van der Waals surface area contributed by atoms with Gasteiger partial charge in [-0.2, -0.15) is 0 Å². The highest BCUT2D eigenvalue weighted by Gasteiger charge is 2.11. The first kappa shape index (κ1) is 24.0. The summed E-state index contributed by atoms with van der Waals surface area (Å²) in [6, 6.07) is 17.8. The van der Waals surface area contributed by atoms with Crippen LogP contribution in [0.5, 0.6) is 0 Å². The second kappa shape index (κ2) is 11.8. The van der Waals surface area contributed by atoms with E-state index in [1.165, 1.54) is 0 Å². The molecule has 3 aromatic rings. The van der Waals surface area contributed by atoms with Crippen LogP contribution in [0.2, 0.25) is 0 Å². The summed E-state index contributed by atoms with van der Waals surface area (Å²) in [4.78, 5) is 28.7. The Kier molecular flexibility index (Phi) is 8.60. The van der Waals surface area contributed by atoms with Crippen LogP contribution in [0.4, 0.5) is 0 Å². The third-order valence-electron chi connectivity index (χ3n) is 5.16. The van der Waals surface area contributed by atoms with Gasteiger partial charge >= 0.3 is 0 Å². The van der Waals surface area contributed by atoms with Crippen LogP contribution in [0, 0.1) is 0 Å². The Labute approximate surface area is 195 Å². The lowest BCUT2D eigenvalue weighted by molar-refractivity contribution is 0.0951. The van der Waals surface area contributed by atoms with Gasteiger partial charge in [-0.15, -0.1) is 0 Å². The van der Waals surface area contributed by atoms with Gasteiger partial charge in [0.05, 0.1) is 18.4 Å². The molecule has 0 saturated carbocycles. The maximum atomic E-state index is 12.4. The Morgan fingerprint density at radius 1 is 1.06 bits per heavy atom. The molecule has 0 fully saturated rings. The summed E-state index contributed by atoms with van der Waals surface area (Å²) in [6.07, 6.45) is 1.85. The van der Waals surface area contributed by atoms with Gasteiger partial charge in [0.1, 0.15) is 5.82 Å². The Balaban J connectivity index is 1.55. The van der Waals surface area contributed by atoms with E-state index in [1.807, 2.05) is 79.6 Å². The first-order valence-corrected chi connectivity index (χ1v) is 11.0. The largest absolute Gasteiger partial charge is 0.352 e. The number of carbonyl (C=O) groups excluding carboxylic acids is 1. The molecule has 1 amide bonds. The molecule has 0 atom stereocenters. The van der Waals surface area contributed by atoms with E-state index in [2.05, 4.69) is 37.7 Å². The number of likely N-dealkylation sites (N-methyl/N-ethyl adjacent to an activating group) is 1. The van der Waals surface area contributed by atoms with Crippen LogP contribution < -0.4 is 10.6 Å². The van der Waals surface area contributed by atoms with Crippen LogP contribution in [0.1, 0.15) is 21.7 Å². The summed E-state index contributed by atoms with van der Waals surface area (Å²) < 4.78 is 0. The van der Waals surface area contributed by atoms with Crippen molar-refractivity contribution in [2.45, 2.75) is 13.1 Å². The third kappa shape index (κ3) is 7.18. The van der Waals surface area contributed by atoms with Crippen LogP contribution in [-0.4, -0.2) is 72.9 Å². The number of aromatic nitrogens is 2. The van der Waals surface area contributed by atoms with Gasteiger partial charge in [-0.25, -0.2) is 4.98 Å². The average molecular weight is 448 g/mol. The fourth-order valence-electron chi connectivity index (χ4n) is 3.39. The van der Waals surface area contributed by atoms with Crippen molar-refractivity contribution in [2.75, 3.05) is 41.3 Å². The fraction of sp³-hybridized carbons (Fsp3) is 0.320. The number of H-pyrrole nitrogens is 1. The molecule has 33 heavy (non-hydrogen) atoms. The third-order valence-corrected chi connectivity index (χ3v) is 5.16. The molecule has 174 valence electrons. The van der Waals surface area contributed by atoms with E-state index in [9.17, 15) is 4.79 Å². The van der Waals surface area contributed by atoms with Crippen molar-refractivity contribution < 1.29 is 4.79 Å². The fourth-order valence-corrected chi connectivity index (χ4v) is 3.39.